The molecule has 1 aliphatic heterocycles. The van der Waals surface area contributed by atoms with Crippen molar-refractivity contribution >= 4 is 5.91 Å². The first-order valence-corrected chi connectivity index (χ1v) is 13.1. The smallest absolute Gasteiger partial charge is 0.254 e. The van der Waals surface area contributed by atoms with Gasteiger partial charge in [0.15, 0.2) is 0 Å². The van der Waals surface area contributed by atoms with Gasteiger partial charge in [-0.25, -0.2) is 4.39 Å². The second-order valence-corrected chi connectivity index (χ2v) is 9.79. The topological polar surface area (TPSA) is 26.8 Å². The highest BCUT2D eigenvalue weighted by atomic mass is 19.1. The maximum atomic E-state index is 14.4. The third kappa shape index (κ3) is 5.53. The van der Waals surface area contributed by atoms with E-state index < -0.39 is 0 Å². The molecule has 3 atom stereocenters. The number of carbonyl (C=O) groups excluding carboxylic acids is 1. The van der Waals surface area contributed by atoms with Gasteiger partial charge in [-0.15, -0.1) is 0 Å². The summed E-state index contributed by atoms with van der Waals surface area (Å²) in [6, 6.07) is 26.0. The fraction of sp³-hybridized carbons (Fsp3) is 0.387. The second kappa shape index (κ2) is 11.8. The van der Waals surface area contributed by atoms with Gasteiger partial charge in [0.05, 0.1) is 6.04 Å². The third-order valence-corrected chi connectivity index (χ3v) is 7.48. The van der Waals surface area contributed by atoms with E-state index in [4.69, 9.17) is 0 Å². The van der Waals surface area contributed by atoms with Gasteiger partial charge in [0.1, 0.15) is 5.82 Å². The molecule has 0 aliphatic carbocycles. The van der Waals surface area contributed by atoms with Gasteiger partial charge < -0.3 is 4.90 Å². The van der Waals surface area contributed by atoms with E-state index in [9.17, 15) is 9.18 Å². The van der Waals surface area contributed by atoms with Crippen LogP contribution in [-0.2, 0) is 6.54 Å². The molecule has 0 saturated carbocycles. The standard InChI is InChI=1S/C31H38FN3O/c1-5-33(6-2)31(36)28-18-12-11-17-27(28)30(25-14-8-7-9-15-25)35-21-23(3)34(20-24(35)4)22-26-16-10-13-19-29(26)32/h7-19,23-24,30H,5-6,20-22H2,1-4H3/t23-,24+,30+/m1/s1. The van der Waals surface area contributed by atoms with Crippen LogP contribution in [0.15, 0.2) is 78.9 Å². The predicted molar refractivity (Wildman–Crippen MR) is 144 cm³/mol. The molecule has 0 unspecified atom stereocenters. The van der Waals surface area contributed by atoms with Crippen LogP contribution in [0, 0.1) is 5.82 Å². The van der Waals surface area contributed by atoms with Crippen molar-refractivity contribution in [3.05, 3.63) is 107 Å². The lowest BCUT2D eigenvalue weighted by molar-refractivity contribution is 0.0187. The monoisotopic (exact) mass is 487 g/mol. The number of nitrogens with zero attached hydrogens (tertiary/aromatic N) is 3. The molecule has 4 rings (SSSR count). The van der Waals surface area contributed by atoms with Crippen molar-refractivity contribution in [2.45, 2.75) is 52.4 Å². The highest BCUT2D eigenvalue weighted by Gasteiger charge is 2.36. The van der Waals surface area contributed by atoms with Crippen LogP contribution < -0.4 is 0 Å². The van der Waals surface area contributed by atoms with Crippen LogP contribution in [0.3, 0.4) is 0 Å². The molecule has 4 nitrogen and oxygen atoms in total. The van der Waals surface area contributed by atoms with Crippen molar-refractivity contribution in [1.29, 1.82) is 0 Å². The molecule has 1 amide bonds. The van der Waals surface area contributed by atoms with E-state index in [2.05, 4.69) is 54.0 Å². The molecular formula is C31H38FN3O. The number of benzene rings is 3. The molecule has 0 bridgehead atoms. The van der Waals surface area contributed by atoms with Gasteiger partial charge in [0, 0.05) is 55.9 Å². The molecule has 3 aromatic carbocycles. The number of piperazine rings is 1. The molecule has 0 radical (unpaired) electrons. The average Bonchev–Trinajstić information content (AvgIpc) is 2.90. The van der Waals surface area contributed by atoms with Crippen LogP contribution in [0.25, 0.3) is 0 Å². The fourth-order valence-corrected chi connectivity index (χ4v) is 5.45. The molecule has 3 aromatic rings. The van der Waals surface area contributed by atoms with E-state index >= 15 is 0 Å². The zero-order valence-electron chi connectivity index (χ0n) is 21.9. The molecule has 5 heteroatoms. The largest absolute Gasteiger partial charge is 0.339 e. The SMILES string of the molecule is CCN(CC)C(=O)c1ccccc1[C@H](c1ccccc1)N1C[C@@H](C)N(Cc2ccccc2F)C[C@@H]1C. The normalized spacial score (nSPS) is 19.7. The lowest BCUT2D eigenvalue weighted by Gasteiger charge is -2.48. The Bertz CT molecular complexity index is 1150. The second-order valence-electron chi connectivity index (χ2n) is 9.79. The molecule has 1 fully saturated rings. The third-order valence-electron chi connectivity index (χ3n) is 7.48. The first-order valence-electron chi connectivity index (χ1n) is 13.1. The quantitative estimate of drug-likeness (QED) is 0.390. The molecule has 0 N–H and O–H groups in total. The van der Waals surface area contributed by atoms with Crippen LogP contribution >= 0.6 is 0 Å². The average molecular weight is 488 g/mol. The molecule has 0 spiro atoms. The first-order chi connectivity index (χ1) is 17.4. The van der Waals surface area contributed by atoms with Gasteiger partial charge in [-0.3, -0.25) is 14.6 Å². The summed E-state index contributed by atoms with van der Waals surface area (Å²) in [6.45, 7) is 12.1. The number of halogens is 1. The maximum Gasteiger partial charge on any atom is 0.254 e. The molecule has 1 heterocycles. The van der Waals surface area contributed by atoms with E-state index in [1.807, 2.05) is 55.1 Å². The Kier molecular flexibility index (Phi) is 8.55. The molecular weight excluding hydrogens is 449 g/mol. The van der Waals surface area contributed by atoms with Crippen molar-refractivity contribution in [2.24, 2.45) is 0 Å². The van der Waals surface area contributed by atoms with E-state index in [0.717, 1.165) is 29.8 Å². The summed E-state index contributed by atoms with van der Waals surface area (Å²) in [5.74, 6) is -0.0683. The van der Waals surface area contributed by atoms with E-state index in [0.29, 0.717) is 19.6 Å². The van der Waals surface area contributed by atoms with Gasteiger partial charge in [0.25, 0.3) is 5.91 Å². The summed E-state index contributed by atoms with van der Waals surface area (Å²) in [5, 5.41) is 0. The summed E-state index contributed by atoms with van der Waals surface area (Å²) < 4.78 is 14.4. The lowest BCUT2D eigenvalue weighted by atomic mass is 9.90. The molecule has 1 saturated heterocycles. The van der Waals surface area contributed by atoms with Crippen molar-refractivity contribution in [1.82, 2.24) is 14.7 Å². The number of amides is 1. The zero-order valence-corrected chi connectivity index (χ0v) is 21.9. The van der Waals surface area contributed by atoms with Gasteiger partial charge in [-0.05, 0) is 51.0 Å². The van der Waals surface area contributed by atoms with Crippen molar-refractivity contribution in [3.63, 3.8) is 0 Å². The number of hydrogen-bond acceptors (Lipinski definition) is 3. The fourth-order valence-electron chi connectivity index (χ4n) is 5.45. The van der Waals surface area contributed by atoms with Crippen molar-refractivity contribution in [2.75, 3.05) is 26.2 Å². The van der Waals surface area contributed by atoms with Gasteiger partial charge in [0.2, 0.25) is 0 Å². The van der Waals surface area contributed by atoms with E-state index in [1.165, 1.54) is 11.6 Å². The Balaban J connectivity index is 1.69. The molecule has 1 aliphatic rings. The van der Waals surface area contributed by atoms with Crippen molar-refractivity contribution < 1.29 is 9.18 Å². The number of hydrogen-bond donors (Lipinski definition) is 0. The van der Waals surface area contributed by atoms with Crippen LogP contribution in [0.5, 0.6) is 0 Å². The Hall–Kier alpha value is -3.02. The van der Waals surface area contributed by atoms with Crippen molar-refractivity contribution in [3.8, 4) is 0 Å². The lowest BCUT2D eigenvalue weighted by Crippen LogP contribution is -2.57. The van der Waals surface area contributed by atoms with Gasteiger partial charge >= 0.3 is 0 Å². The van der Waals surface area contributed by atoms with E-state index in [-0.39, 0.29) is 29.8 Å². The predicted octanol–water partition coefficient (Wildman–Crippen LogP) is 5.99. The highest BCUT2D eigenvalue weighted by Crippen LogP contribution is 2.35. The van der Waals surface area contributed by atoms with Crippen LogP contribution in [0.1, 0.15) is 60.8 Å². The van der Waals surface area contributed by atoms with Crippen LogP contribution in [0.4, 0.5) is 4.39 Å². The van der Waals surface area contributed by atoms with Gasteiger partial charge in [-0.1, -0.05) is 66.7 Å². The number of carbonyl (C=O) groups is 1. The molecule has 0 aromatic heterocycles. The Morgan fingerprint density at radius 2 is 1.53 bits per heavy atom. The minimum absolute atomic E-state index is 0.0463. The summed E-state index contributed by atoms with van der Waals surface area (Å²) in [7, 11) is 0. The Labute approximate surface area is 215 Å². The summed E-state index contributed by atoms with van der Waals surface area (Å²) in [4.78, 5) is 20.3. The Morgan fingerprint density at radius 3 is 2.22 bits per heavy atom. The zero-order chi connectivity index (χ0) is 25.7. The highest BCUT2D eigenvalue weighted by molar-refractivity contribution is 5.96. The first kappa shape index (κ1) is 26.1. The summed E-state index contributed by atoms with van der Waals surface area (Å²) in [6.07, 6.45) is 0. The Morgan fingerprint density at radius 1 is 0.889 bits per heavy atom. The molecule has 36 heavy (non-hydrogen) atoms. The minimum Gasteiger partial charge on any atom is -0.339 e. The minimum atomic E-state index is -0.147. The maximum absolute atomic E-state index is 14.4. The van der Waals surface area contributed by atoms with Crippen LogP contribution in [0.2, 0.25) is 0 Å². The summed E-state index contributed by atoms with van der Waals surface area (Å²) in [5.41, 5.74) is 3.73. The molecule has 190 valence electrons. The number of rotatable bonds is 8. The van der Waals surface area contributed by atoms with E-state index in [1.54, 1.807) is 6.07 Å². The van der Waals surface area contributed by atoms with Gasteiger partial charge in [-0.2, -0.15) is 0 Å². The summed E-state index contributed by atoms with van der Waals surface area (Å²) >= 11 is 0. The van der Waals surface area contributed by atoms with Crippen LogP contribution in [-0.4, -0.2) is 58.9 Å².